The fourth-order valence-electron chi connectivity index (χ4n) is 2.36. The summed E-state index contributed by atoms with van der Waals surface area (Å²) in [5.41, 5.74) is 3.38. The van der Waals surface area contributed by atoms with Gasteiger partial charge in [0.25, 0.3) is 0 Å². The third-order valence-corrected chi connectivity index (χ3v) is 3.78. The molecular weight excluding hydrogens is 290 g/mol. The van der Waals surface area contributed by atoms with E-state index in [2.05, 4.69) is 53.0 Å². The Labute approximate surface area is 115 Å². The zero-order valence-corrected chi connectivity index (χ0v) is 12.0. The first-order chi connectivity index (χ1) is 8.55. The first-order valence-electron chi connectivity index (χ1n) is 5.97. The standard InChI is InChI=1S/C15H14BrNO/c1-15(2)8-11-6-13(16)12(7-14(11)18-15)10-4-3-5-17-9-10/h3-7,9H,8H2,1-2H3. The highest BCUT2D eigenvalue weighted by molar-refractivity contribution is 9.10. The summed E-state index contributed by atoms with van der Waals surface area (Å²) in [4.78, 5) is 4.16. The summed E-state index contributed by atoms with van der Waals surface area (Å²) in [6.45, 7) is 4.23. The molecule has 1 aromatic heterocycles. The van der Waals surface area contributed by atoms with E-state index in [1.807, 2.05) is 12.3 Å². The molecule has 0 saturated heterocycles. The maximum atomic E-state index is 5.97. The van der Waals surface area contributed by atoms with Gasteiger partial charge in [-0.25, -0.2) is 0 Å². The second-order valence-electron chi connectivity index (χ2n) is 5.22. The number of halogens is 1. The van der Waals surface area contributed by atoms with Crippen LogP contribution in [0.25, 0.3) is 11.1 Å². The number of rotatable bonds is 1. The fraction of sp³-hybridized carbons (Fsp3) is 0.267. The molecule has 18 heavy (non-hydrogen) atoms. The molecule has 1 aromatic carbocycles. The van der Waals surface area contributed by atoms with Gasteiger partial charge in [-0.1, -0.05) is 22.0 Å². The van der Waals surface area contributed by atoms with E-state index in [1.54, 1.807) is 6.20 Å². The van der Waals surface area contributed by atoms with Crippen LogP contribution in [-0.4, -0.2) is 10.6 Å². The smallest absolute Gasteiger partial charge is 0.124 e. The molecule has 2 nitrogen and oxygen atoms in total. The van der Waals surface area contributed by atoms with Gasteiger partial charge in [0, 0.05) is 34.4 Å². The number of pyridine rings is 1. The third-order valence-electron chi connectivity index (χ3n) is 3.13. The Hall–Kier alpha value is -1.35. The van der Waals surface area contributed by atoms with Crippen molar-refractivity contribution in [3.63, 3.8) is 0 Å². The van der Waals surface area contributed by atoms with Crippen molar-refractivity contribution in [3.8, 4) is 16.9 Å². The van der Waals surface area contributed by atoms with Gasteiger partial charge in [0.05, 0.1) is 0 Å². The van der Waals surface area contributed by atoms with Gasteiger partial charge in [0.15, 0.2) is 0 Å². The van der Waals surface area contributed by atoms with Gasteiger partial charge in [0.2, 0.25) is 0 Å². The zero-order chi connectivity index (χ0) is 12.8. The highest BCUT2D eigenvalue weighted by atomic mass is 79.9. The first-order valence-corrected chi connectivity index (χ1v) is 6.76. The minimum atomic E-state index is -0.102. The van der Waals surface area contributed by atoms with Gasteiger partial charge in [0.1, 0.15) is 11.4 Å². The van der Waals surface area contributed by atoms with Crippen LogP contribution in [0.3, 0.4) is 0 Å². The molecule has 1 aliphatic heterocycles. The van der Waals surface area contributed by atoms with Crippen LogP contribution < -0.4 is 4.74 Å². The Kier molecular flexibility index (Phi) is 2.67. The van der Waals surface area contributed by atoms with Crippen LogP contribution in [0, 0.1) is 0 Å². The summed E-state index contributed by atoms with van der Waals surface area (Å²) in [5.74, 6) is 0.988. The summed E-state index contributed by atoms with van der Waals surface area (Å²) in [6, 6.07) is 8.26. The van der Waals surface area contributed by atoms with Crippen molar-refractivity contribution in [1.82, 2.24) is 4.98 Å². The largest absolute Gasteiger partial charge is 0.487 e. The first kappa shape index (κ1) is 11.7. The summed E-state index contributed by atoms with van der Waals surface area (Å²) in [6.07, 6.45) is 4.60. The van der Waals surface area contributed by atoms with Gasteiger partial charge >= 0.3 is 0 Å². The molecule has 0 fully saturated rings. The van der Waals surface area contributed by atoms with Crippen LogP contribution in [-0.2, 0) is 6.42 Å². The Bertz CT molecular complexity index is 593. The second-order valence-corrected chi connectivity index (χ2v) is 6.07. The van der Waals surface area contributed by atoms with Crippen LogP contribution in [0.2, 0.25) is 0 Å². The van der Waals surface area contributed by atoms with Gasteiger partial charge in [-0.15, -0.1) is 0 Å². The second kappa shape index (κ2) is 4.09. The lowest BCUT2D eigenvalue weighted by Gasteiger charge is -2.17. The molecule has 92 valence electrons. The number of nitrogens with zero attached hydrogens (tertiary/aromatic N) is 1. The third kappa shape index (κ3) is 2.03. The SMILES string of the molecule is CC1(C)Cc2cc(Br)c(-c3cccnc3)cc2O1. The highest BCUT2D eigenvalue weighted by Gasteiger charge is 2.30. The minimum Gasteiger partial charge on any atom is -0.487 e. The van der Waals surface area contributed by atoms with Crippen molar-refractivity contribution in [2.75, 3.05) is 0 Å². The van der Waals surface area contributed by atoms with Crippen LogP contribution in [0.4, 0.5) is 0 Å². The van der Waals surface area contributed by atoms with E-state index in [4.69, 9.17) is 4.74 Å². The number of ether oxygens (including phenoxy) is 1. The minimum absolute atomic E-state index is 0.102. The summed E-state index contributed by atoms with van der Waals surface area (Å²) < 4.78 is 7.06. The van der Waals surface area contributed by atoms with E-state index in [0.717, 1.165) is 27.8 Å². The molecule has 1 aliphatic rings. The predicted octanol–water partition coefficient (Wildman–Crippen LogP) is 4.22. The lowest BCUT2D eigenvalue weighted by Crippen LogP contribution is -2.24. The van der Waals surface area contributed by atoms with Gasteiger partial charge in [-0.2, -0.15) is 0 Å². The van der Waals surface area contributed by atoms with E-state index in [0.29, 0.717) is 0 Å². The van der Waals surface area contributed by atoms with Crippen molar-refractivity contribution in [2.24, 2.45) is 0 Å². The van der Waals surface area contributed by atoms with Crippen LogP contribution in [0.1, 0.15) is 19.4 Å². The van der Waals surface area contributed by atoms with E-state index in [1.165, 1.54) is 5.56 Å². The van der Waals surface area contributed by atoms with E-state index < -0.39 is 0 Å². The lowest BCUT2D eigenvalue weighted by molar-refractivity contribution is 0.138. The molecule has 3 rings (SSSR count). The number of fused-ring (bicyclic) bond motifs is 1. The topological polar surface area (TPSA) is 22.1 Å². The molecule has 2 heterocycles. The molecular formula is C15H14BrNO. The molecule has 0 atom stereocenters. The van der Waals surface area contributed by atoms with Gasteiger partial charge < -0.3 is 4.74 Å². The maximum Gasteiger partial charge on any atom is 0.124 e. The van der Waals surface area contributed by atoms with E-state index in [-0.39, 0.29) is 5.60 Å². The Morgan fingerprint density at radius 1 is 1.33 bits per heavy atom. The highest BCUT2D eigenvalue weighted by Crippen LogP contribution is 2.41. The van der Waals surface area contributed by atoms with Gasteiger partial charge in [-0.05, 0) is 37.6 Å². The Morgan fingerprint density at radius 3 is 2.89 bits per heavy atom. The Morgan fingerprint density at radius 2 is 2.17 bits per heavy atom. The summed E-state index contributed by atoms with van der Waals surface area (Å²) in [5, 5.41) is 0. The molecule has 0 N–H and O–H groups in total. The van der Waals surface area contributed by atoms with Crippen molar-refractivity contribution in [3.05, 3.63) is 46.7 Å². The van der Waals surface area contributed by atoms with Crippen molar-refractivity contribution < 1.29 is 4.74 Å². The molecule has 0 unspecified atom stereocenters. The monoisotopic (exact) mass is 303 g/mol. The van der Waals surface area contributed by atoms with Crippen molar-refractivity contribution in [1.29, 1.82) is 0 Å². The molecule has 2 aromatic rings. The van der Waals surface area contributed by atoms with Crippen LogP contribution in [0.15, 0.2) is 41.1 Å². The molecule has 3 heteroatoms. The molecule has 0 bridgehead atoms. The van der Waals surface area contributed by atoms with Crippen molar-refractivity contribution >= 4 is 15.9 Å². The number of hydrogen-bond donors (Lipinski definition) is 0. The summed E-state index contributed by atoms with van der Waals surface area (Å²) in [7, 11) is 0. The average Bonchev–Trinajstić information content (AvgIpc) is 2.62. The summed E-state index contributed by atoms with van der Waals surface area (Å²) >= 11 is 3.64. The normalized spacial score (nSPS) is 16.2. The lowest BCUT2D eigenvalue weighted by atomic mass is 9.99. The molecule has 0 aliphatic carbocycles. The predicted molar refractivity (Wildman–Crippen MR) is 75.8 cm³/mol. The quantitative estimate of drug-likeness (QED) is 0.787. The van der Waals surface area contributed by atoms with Crippen molar-refractivity contribution in [2.45, 2.75) is 25.9 Å². The number of benzene rings is 1. The van der Waals surface area contributed by atoms with Crippen LogP contribution >= 0.6 is 15.9 Å². The molecule has 0 spiro atoms. The van der Waals surface area contributed by atoms with Gasteiger partial charge in [-0.3, -0.25) is 4.98 Å². The maximum absolute atomic E-state index is 5.97. The molecule has 0 radical (unpaired) electrons. The average molecular weight is 304 g/mol. The zero-order valence-electron chi connectivity index (χ0n) is 10.4. The van der Waals surface area contributed by atoms with Crippen LogP contribution in [0.5, 0.6) is 5.75 Å². The molecule has 0 amide bonds. The van der Waals surface area contributed by atoms with E-state index >= 15 is 0 Å². The Balaban J connectivity index is 2.10. The molecule has 0 saturated carbocycles. The number of hydrogen-bond acceptors (Lipinski definition) is 2. The fourth-order valence-corrected chi connectivity index (χ4v) is 2.98. The number of aromatic nitrogens is 1. The van der Waals surface area contributed by atoms with E-state index in [9.17, 15) is 0 Å².